The number of aliphatic hydroxyl groups excluding tert-OH is 1. The molecule has 0 radical (unpaired) electrons. The molecule has 28 heavy (non-hydrogen) atoms. The molecule has 3 rings (SSSR count). The monoisotopic (exact) mass is 412 g/mol. The quantitative estimate of drug-likeness (QED) is 0.425. The smallest absolute Gasteiger partial charge is 0.313 e. The van der Waals surface area contributed by atoms with Crippen LogP contribution in [0.5, 0.6) is 0 Å². The number of thioether (sulfide) groups is 1. The first-order chi connectivity index (χ1) is 13.6. The Morgan fingerprint density at radius 2 is 1.82 bits per heavy atom. The van der Waals surface area contributed by atoms with Crippen LogP contribution in [0, 0.1) is 0 Å². The van der Waals surface area contributed by atoms with Gasteiger partial charge in [0.05, 0.1) is 6.54 Å². The SMILES string of the molecule is CSc1cccc(NC(=O)C(=O)NCc2ccc([C@H](O)c3ccccc3)s2)c1. The van der Waals surface area contributed by atoms with E-state index in [-0.39, 0.29) is 6.54 Å². The van der Waals surface area contributed by atoms with Crippen molar-refractivity contribution in [1.29, 1.82) is 0 Å². The molecule has 0 fully saturated rings. The fourth-order valence-electron chi connectivity index (χ4n) is 2.57. The van der Waals surface area contributed by atoms with E-state index >= 15 is 0 Å². The van der Waals surface area contributed by atoms with Crippen molar-refractivity contribution in [3.05, 3.63) is 82.0 Å². The molecule has 2 amide bonds. The molecule has 3 aromatic rings. The lowest BCUT2D eigenvalue weighted by Crippen LogP contribution is -2.34. The number of thiophene rings is 1. The number of aliphatic hydroxyl groups is 1. The van der Waals surface area contributed by atoms with E-state index in [0.717, 1.165) is 20.2 Å². The molecule has 7 heteroatoms. The Balaban J connectivity index is 1.54. The molecule has 144 valence electrons. The van der Waals surface area contributed by atoms with Gasteiger partial charge in [0.15, 0.2) is 0 Å². The lowest BCUT2D eigenvalue weighted by molar-refractivity contribution is -0.136. The van der Waals surface area contributed by atoms with Gasteiger partial charge in [-0.3, -0.25) is 9.59 Å². The number of carbonyl (C=O) groups is 2. The van der Waals surface area contributed by atoms with E-state index in [9.17, 15) is 14.7 Å². The second-order valence-electron chi connectivity index (χ2n) is 5.99. The molecule has 1 aromatic heterocycles. The lowest BCUT2D eigenvalue weighted by atomic mass is 10.1. The van der Waals surface area contributed by atoms with Crippen molar-refractivity contribution >= 4 is 40.6 Å². The molecule has 2 aromatic carbocycles. The summed E-state index contributed by atoms with van der Waals surface area (Å²) < 4.78 is 0. The normalized spacial score (nSPS) is 11.6. The first-order valence-corrected chi connectivity index (χ1v) is 10.7. The number of rotatable bonds is 6. The van der Waals surface area contributed by atoms with Gasteiger partial charge in [-0.15, -0.1) is 23.1 Å². The third kappa shape index (κ3) is 5.22. The van der Waals surface area contributed by atoms with Crippen LogP contribution >= 0.6 is 23.1 Å². The number of nitrogens with one attached hydrogen (secondary N) is 2. The first kappa shape index (κ1) is 20.1. The van der Waals surface area contributed by atoms with Crippen LogP contribution in [-0.4, -0.2) is 23.2 Å². The first-order valence-electron chi connectivity index (χ1n) is 8.61. The summed E-state index contributed by atoms with van der Waals surface area (Å²) >= 11 is 2.96. The van der Waals surface area contributed by atoms with Crippen molar-refractivity contribution < 1.29 is 14.7 Å². The number of carbonyl (C=O) groups excluding carboxylic acids is 2. The number of amides is 2. The van der Waals surface area contributed by atoms with Gasteiger partial charge in [0, 0.05) is 20.3 Å². The fraction of sp³-hybridized carbons (Fsp3) is 0.143. The van der Waals surface area contributed by atoms with Gasteiger partial charge >= 0.3 is 11.8 Å². The highest BCUT2D eigenvalue weighted by Gasteiger charge is 2.16. The Kier molecular flexibility index (Phi) is 6.86. The van der Waals surface area contributed by atoms with E-state index in [1.165, 1.54) is 11.3 Å². The average molecular weight is 413 g/mol. The van der Waals surface area contributed by atoms with Crippen LogP contribution in [0.1, 0.15) is 21.4 Å². The molecule has 0 saturated heterocycles. The highest BCUT2D eigenvalue weighted by atomic mass is 32.2. The summed E-state index contributed by atoms with van der Waals surface area (Å²) in [4.78, 5) is 26.8. The summed E-state index contributed by atoms with van der Waals surface area (Å²) in [5.41, 5.74) is 1.39. The third-order valence-electron chi connectivity index (χ3n) is 4.02. The molecule has 0 aliphatic heterocycles. The summed E-state index contributed by atoms with van der Waals surface area (Å²) in [6.07, 6.45) is 1.24. The molecule has 3 N–H and O–H groups in total. The largest absolute Gasteiger partial charge is 0.383 e. The minimum Gasteiger partial charge on any atom is -0.383 e. The Morgan fingerprint density at radius 3 is 2.57 bits per heavy atom. The summed E-state index contributed by atoms with van der Waals surface area (Å²) in [6, 6.07) is 20.3. The Labute approximate surface area is 171 Å². The maximum absolute atomic E-state index is 12.1. The highest BCUT2D eigenvalue weighted by molar-refractivity contribution is 7.98. The maximum Gasteiger partial charge on any atom is 0.313 e. The number of benzene rings is 2. The van der Waals surface area contributed by atoms with Crippen LogP contribution in [0.15, 0.2) is 71.6 Å². The van der Waals surface area contributed by atoms with Crippen molar-refractivity contribution in [3.8, 4) is 0 Å². The Bertz CT molecular complexity index is 957. The van der Waals surface area contributed by atoms with E-state index in [1.807, 2.05) is 66.9 Å². The summed E-state index contributed by atoms with van der Waals surface area (Å²) in [7, 11) is 0. The third-order valence-corrected chi connectivity index (χ3v) is 5.89. The van der Waals surface area contributed by atoms with E-state index in [4.69, 9.17) is 0 Å². The lowest BCUT2D eigenvalue weighted by Gasteiger charge is -2.08. The molecular formula is C21H20N2O3S2. The molecule has 1 atom stereocenters. The molecular weight excluding hydrogens is 392 g/mol. The van der Waals surface area contributed by atoms with Crippen LogP contribution in [0.2, 0.25) is 0 Å². The van der Waals surface area contributed by atoms with Crippen molar-refractivity contribution in [2.24, 2.45) is 0 Å². The predicted octanol–water partition coefficient (Wildman–Crippen LogP) is 3.81. The van der Waals surface area contributed by atoms with Gasteiger partial charge in [0.1, 0.15) is 6.10 Å². The van der Waals surface area contributed by atoms with Crippen molar-refractivity contribution in [1.82, 2.24) is 5.32 Å². The van der Waals surface area contributed by atoms with Crippen LogP contribution in [0.4, 0.5) is 5.69 Å². The van der Waals surface area contributed by atoms with Crippen LogP contribution < -0.4 is 10.6 Å². The molecule has 0 saturated carbocycles. The van der Waals surface area contributed by atoms with Gasteiger partial charge in [0.25, 0.3) is 0 Å². The zero-order valence-corrected chi connectivity index (χ0v) is 16.8. The van der Waals surface area contributed by atoms with Crippen LogP contribution in [-0.2, 0) is 16.1 Å². The van der Waals surface area contributed by atoms with Gasteiger partial charge in [-0.2, -0.15) is 0 Å². The van der Waals surface area contributed by atoms with Gasteiger partial charge in [-0.05, 0) is 42.2 Å². The van der Waals surface area contributed by atoms with Gasteiger partial charge in [0.2, 0.25) is 0 Å². The highest BCUT2D eigenvalue weighted by Crippen LogP contribution is 2.28. The minimum atomic E-state index is -0.709. The van der Waals surface area contributed by atoms with E-state index in [0.29, 0.717) is 5.69 Å². The average Bonchev–Trinajstić information content (AvgIpc) is 3.21. The molecule has 5 nitrogen and oxygen atoms in total. The molecule has 0 aliphatic carbocycles. The summed E-state index contributed by atoms with van der Waals surface area (Å²) in [5.74, 6) is -1.41. The van der Waals surface area contributed by atoms with E-state index < -0.39 is 17.9 Å². The molecule has 1 heterocycles. The van der Waals surface area contributed by atoms with Crippen LogP contribution in [0.25, 0.3) is 0 Å². The second kappa shape index (κ2) is 9.54. The molecule has 0 aliphatic rings. The molecule has 0 spiro atoms. The van der Waals surface area contributed by atoms with Gasteiger partial charge < -0.3 is 15.7 Å². The van der Waals surface area contributed by atoms with E-state index in [2.05, 4.69) is 10.6 Å². The number of hydrogen-bond acceptors (Lipinski definition) is 5. The molecule has 0 unspecified atom stereocenters. The standard InChI is InChI=1S/C21H20N2O3S2/c1-27-16-9-5-8-15(12-16)23-21(26)20(25)22-13-17-10-11-18(28-17)19(24)14-6-3-2-4-7-14/h2-12,19,24H,13H2,1H3,(H,22,25)(H,23,26)/t19-/m1/s1. The van der Waals surface area contributed by atoms with Crippen molar-refractivity contribution in [2.75, 3.05) is 11.6 Å². The van der Waals surface area contributed by atoms with Crippen LogP contribution in [0.3, 0.4) is 0 Å². The maximum atomic E-state index is 12.1. The number of hydrogen-bond donors (Lipinski definition) is 3. The zero-order chi connectivity index (χ0) is 19.9. The van der Waals surface area contributed by atoms with Crippen molar-refractivity contribution in [3.63, 3.8) is 0 Å². The Morgan fingerprint density at radius 1 is 1.04 bits per heavy atom. The molecule has 0 bridgehead atoms. The number of anilines is 1. The Hall–Kier alpha value is -2.61. The summed E-state index contributed by atoms with van der Waals surface area (Å²) in [5, 5.41) is 15.6. The van der Waals surface area contributed by atoms with Crippen molar-refractivity contribution in [2.45, 2.75) is 17.5 Å². The van der Waals surface area contributed by atoms with Gasteiger partial charge in [-0.1, -0.05) is 36.4 Å². The van der Waals surface area contributed by atoms with E-state index in [1.54, 1.807) is 17.8 Å². The van der Waals surface area contributed by atoms with Gasteiger partial charge in [-0.25, -0.2) is 0 Å². The second-order valence-corrected chi connectivity index (χ2v) is 8.07. The summed E-state index contributed by atoms with van der Waals surface area (Å²) in [6.45, 7) is 0.225. The zero-order valence-electron chi connectivity index (χ0n) is 15.2. The topological polar surface area (TPSA) is 78.4 Å². The fourth-order valence-corrected chi connectivity index (χ4v) is 4.00. The minimum absolute atomic E-state index is 0.225. The predicted molar refractivity (Wildman–Crippen MR) is 114 cm³/mol.